The van der Waals surface area contributed by atoms with E-state index in [2.05, 4.69) is 233 Å². The molecule has 0 saturated heterocycles. The lowest BCUT2D eigenvalue weighted by atomic mass is 10.0. The molecule has 0 saturated carbocycles. The highest BCUT2D eigenvalue weighted by atomic mass is 15.1. The van der Waals surface area contributed by atoms with Crippen molar-refractivity contribution in [2.75, 3.05) is 9.80 Å². The van der Waals surface area contributed by atoms with Gasteiger partial charge in [0.1, 0.15) is 0 Å². The molecule has 0 heterocycles. The summed E-state index contributed by atoms with van der Waals surface area (Å²) in [5.74, 6) is 0. The van der Waals surface area contributed by atoms with Crippen LogP contribution < -0.4 is 9.80 Å². The van der Waals surface area contributed by atoms with Gasteiger partial charge < -0.3 is 9.80 Å². The van der Waals surface area contributed by atoms with E-state index >= 15 is 0 Å². The maximum Gasteiger partial charge on any atom is 0.0464 e. The smallest absolute Gasteiger partial charge is 0.0464 e. The summed E-state index contributed by atoms with van der Waals surface area (Å²) in [5.41, 5.74) is 19.1. The number of rotatable bonds is 10. The number of benzene rings is 7. The van der Waals surface area contributed by atoms with Crippen molar-refractivity contribution < 1.29 is 0 Å². The summed E-state index contributed by atoms with van der Waals surface area (Å²) in [6.45, 7) is 12.9. The van der Waals surface area contributed by atoms with E-state index in [1.165, 1.54) is 55.6 Å². The first kappa shape index (κ1) is 36.0. The Balaban J connectivity index is 1.06. The van der Waals surface area contributed by atoms with Crippen LogP contribution >= 0.6 is 0 Å². The van der Waals surface area contributed by atoms with Crippen LogP contribution in [0.4, 0.5) is 34.1 Å². The molecular formula is C52H48N2. The fourth-order valence-corrected chi connectivity index (χ4v) is 6.73. The van der Waals surface area contributed by atoms with E-state index < -0.39 is 0 Å². The van der Waals surface area contributed by atoms with Gasteiger partial charge in [-0.3, -0.25) is 0 Å². The molecule has 0 aliphatic heterocycles. The monoisotopic (exact) mass is 700 g/mol. The summed E-state index contributed by atoms with van der Waals surface area (Å²) in [5, 5.41) is 0. The van der Waals surface area contributed by atoms with Crippen molar-refractivity contribution in [2.45, 2.75) is 41.5 Å². The van der Waals surface area contributed by atoms with Crippen LogP contribution in [-0.4, -0.2) is 0 Å². The lowest BCUT2D eigenvalue weighted by Crippen LogP contribution is -2.10. The van der Waals surface area contributed by atoms with Crippen LogP contribution in [0, 0.1) is 41.5 Å². The summed E-state index contributed by atoms with van der Waals surface area (Å²) < 4.78 is 0. The molecule has 7 aromatic carbocycles. The Labute approximate surface area is 322 Å². The Bertz CT molecular complexity index is 2130. The fraction of sp³-hybridized carbons (Fsp3) is 0.115. The highest BCUT2D eigenvalue weighted by molar-refractivity contribution is 5.81. The first-order valence-electron chi connectivity index (χ1n) is 18.7. The van der Waals surface area contributed by atoms with Gasteiger partial charge in [0, 0.05) is 34.1 Å². The topological polar surface area (TPSA) is 6.48 Å². The quantitative estimate of drug-likeness (QED) is 0.131. The highest BCUT2D eigenvalue weighted by Gasteiger charge is 2.15. The Morgan fingerprint density at radius 3 is 0.796 bits per heavy atom. The molecule has 0 radical (unpaired) electrons. The molecule has 0 aliphatic rings. The standard InChI is InChI=1S/C52H48N2/c1-37-7-25-47(26-8-37)53(48-27-9-38(2)10-28-48)51-33-23-45(41(5)35-51)21-19-43-15-17-44(18-16-43)20-22-46-24-34-52(36-42(46)6)54(49-29-11-39(3)12-30-49)50-31-13-40(4)14-32-50/h7-36H,1-6H3. The third kappa shape index (κ3) is 8.46. The Kier molecular flexibility index (Phi) is 10.7. The van der Waals surface area contributed by atoms with Crippen molar-refractivity contribution >= 4 is 58.4 Å². The predicted molar refractivity (Wildman–Crippen MR) is 235 cm³/mol. The zero-order valence-electron chi connectivity index (χ0n) is 32.2. The fourth-order valence-electron chi connectivity index (χ4n) is 6.73. The van der Waals surface area contributed by atoms with E-state index in [4.69, 9.17) is 0 Å². The van der Waals surface area contributed by atoms with Gasteiger partial charge in [0.15, 0.2) is 0 Å². The highest BCUT2D eigenvalue weighted by Crippen LogP contribution is 2.37. The van der Waals surface area contributed by atoms with E-state index in [-0.39, 0.29) is 0 Å². The summed E-state index contributed by atoms with van der Waals surface area (Å²) in [6.07, 6.45) is 8.83. The Morgan fingerprint density at radius 1 is 0.278 bits per heavy atom. The van der Waals surface area contributed by atoms with Crippen LogP contribution in [0.3, 0.4) is 0 Å². The van der Waals surface area contributed by atoms with E-state index in [1.807, 2.05) is 0 Å². The summed E-state index contributed by atoms with van der Waals surface area (Å²) in [7, 11) is 0. The van der Waals surface area contributed by atoms with Crippen molar-refractivity contribution in [1.82, 2.24) is 0 Å². The average Bonchev–Trinajstić information content (AvgIpc) is 3.18. The summed E-state index contributed by atoms with van der Waals surface area (Å²) in [6, 6.07) is 57.2. The number of anilines is 6. The van der Waals surface area contributed by atoms with Crippen molar-refractivity contribution in [1.29, 1.82) is 0 Å². The maximum atomic E-state index is 2.33. The van der Waals surface area contributed by atoms with Crippen LogP contribution in [0.1, 0.15) is 55.6 Å². The minimum absolute atomic E-state index is 1.15. The molecule has 0 unspecified atom stereocenters. The molecule has 266 valence electrons. The summed E-state index contributed by atoms with van der Waals surface area (Å²) in [4.78, 5) is 4.65. The molecule has 0 fully saturated rings. The minimum atomic E-state index is 1.15. The molecule has 54 heavy (non-hydrogen) atoms. The van der Waals surface area contributed by atoms with Crippen LogP contribution in [-0.2, 0) is 0 Å². The van der Waals surface area contributed by atoms with E-state index in [0.29, 0.717) is 0 Å². The zero-order valence-corrected chi connectivity index (χ0v) is 32.2. The molecule has 0 aliphatic carbocycles. The Hall–Kier alpha value is -6.38. The van der Waals surface area contributed by atoms with Gasteiger partial charge in [-0.25, -0.2) is 0 Å². The summed E-state index contributed by atoms with van der Waals surface area (Å²) >= 11 is 0. The van der Waals surface area contributed by atoms with Crippen LogP contribution in [0.25, 0.3) is 24.3 Å². The van der Waals surface area contributed by atoms with Crippen molar-refractivity contribution in [3.8, 4) is 0 Å². The molecular weight excluding hydrogens is 653 g/mol. The van der Waals surface area contributed by atoms with Gasteiger partial charge in [0.05, 0.1) is 0 Å². The first-order chi connectivity index (χ1) is 26.2. The van der Waals surface area contributed by atoms with Crippen molar-refractivity contribution in [3.63, 3.8) is 0 Å². The van der Waals surface area contributed by atoms with Gasteiger partial charge in [0.2, 0.25) is 0 Å². The zero-order chi connectivity index (χ0) is 37.6. The predicted octanol–water partition coefficient (Wildman–Crippen LogP) is 14.8. The number of hydrogen-bond donors (Lipinski definition) is 0. The molecule has 7 rings (SSSR count). The molecule has 0 bridgehead atoms. The third-order valence-corrected chi connectivity index (χ3v) is 10.0. The lowest BCUT2D eigenvalue weighted by Gasteiger charge is -2.26. The van der Waals surface area contributed by atoms with Gasteiger partial charge in [-0.15, -0.1) is 0 Å². The molecule has 0 aromatic heterocycles. The SMILES string of the molecule is Cc1ccc(N(c2ccc(C)cc2)c2ccc(C=Cc3ccc(C=Cc4ccc(N(c5ccc(C)cc5)c5ccc(C)cc5)cc4C)cc3)c(C)c2)cc1. The molecule has 2 heteroatoms. The van der Waals surface area contributed by atoms with E-state index in [9.17, 15) is 0 Å². The van der Waals surface area contributed by atoms with Crippen molar-refractivity contribution in [2.24, 2.45) is 0 Å². The minimum Gasteiger partial charge on any atom is -0.310 e. The van der Waals surface area contributed by atoms with E-state index in [1.54, 1.807) is 0 Å². The normalized spacial score (nSPS) is 11.4. The van der Waals surface area contributed by atoms with E-state index in [0.717, 1.165) is 34.1 Å². The molecule has 0 atom stereocenters. The molecule has 2 nitrogen and oxygen atoms in total. The van der Waals surface area contributed by atoms with Crippen LogP contribution in [0.2, 0.25) is 0 Å². The van der Waals surface area contributed by atoms with Gasteiger partial charge >= 0.3 is 0 Å². The molecule has 0 amide bonds. The molecule has 0 N–H and O–H groups in total. The number of nitrogens with zero attached hydrogens (tertiary/aromatic N) is 2. The second kappa shape index (κ2) is 16.1. The Morgan fingerprint density at radius 2 is 0.537 bits per heavy atom. The van der Waals surface area contributed by atoms with Gasteiger partial charge in [-0.2, -0.15) is 0 Å². The number of hydrogen-bond acceptors (Lipinski definition) is 2. The molecule has 0 spiro atoms. The number of aryl methyl sites for hydroxylation is 6. The third-order valence-electron chi connectivity index (χ3n) is 10.0. The van der Waals surface area contributed by atoms with Gasteiger partial charge in [0.25, 0.3) is 0 Å². The first-order valence-corrected chi connectivity index (χ1v) is 18.7. The lowest BCUT2D eigenvalue weighted by molar-refractivity contribution is 1.25. The van der Waals surface area contributed by atoms with Gasteiger partial charge in [-0.1, -0.05) is 131 Å². The van der Waals surface area contributed by atoms with Gasteiger partial charge in [-0.05, 0) is 148 Å². The maximum absolute atomic E-state index is 2.33. The second-order valence-corrected chi connectivity index (χ2v) is 14.4. The largest absolute Gasteiger partial charge is 0.310 e. The van der Waals surface area contributed by atoms with Crippen molar-refractivity contribution in [3.05, 3.63) is 213 Å². The van der Waals surface area contributed by atoms with Crippen LogP contribution in [0.15, 0.2) is 158 Å². The average molecular weight is 701 g/mol. The second-order valence-electron chi connectivity index (χ2n) is 14.4. The molecule has 7 aromatic rings. The van der Waals surface area contributed by atoms with Crippen LogP contribution in [0.5, 0.6) is 0 Å².